The molecule has 0 unspecified atom stereocenters. The van der Waals surface area contributed by atoms with Gasteiger partial charge < -0.3 is 5.73 Å². The predicted octanol–water partition coefficient (Wildman–Crippen LogP) is 4.09. The van der Waals surface area contributed by atoms with E-state index in [1.54, 1.807) is 19.1 Å². The molecule has 2 N–H and O–H groups in total. The highest BCUT2D eigenvalue weighted by atomic mass is 35.5. The number of aromatic nitrogens is 1. The SMILES string of the molecule is Cc1nc2c(Cl)c(Cl)ccc2c(N)c1Cl. The summed E-state index contributed by atoms with van der Waals surface area (Å²) >= 11 is 17.9. The van der Waals surface area contributed by atoms with Crippen molar-refractivity contribution in [3.05, 3.63) is 32.9 Å². The molecule has 0 bridgehead atoms. The van der Waals surface area contributed by atoms with Crippen LogP contribution in [0.15, 0.2) is 12.1 Å². The molecular formula is C10H7Cl3N2. The molecule has 15 heavy (non-hydrogen) atoms. The summed E-state index contributed by atoms with van der Waals surface area (Å²) in [6.45, 7) is 1.77. The Morgan fingerprint density at radius 1 is 1.13 bits per heavy atom. The average Bonchev–Trinajstić information content (AvgIpc) is 2.21. The topological polar surface area (TPSA) is 38.9 Å². The lowest BCUT2D eigenvalue weighted by molar-refractivity contribution is 1.26. The quantitative estimate of drug-likeness (QED) is 0.776. The summed E-state index contributed by atoms with van der Waals surface area (Å²) < 4.78 is 0. The van der Waals surface area contributed by atoms with Gasteiger partial charge in [-0.05, 0) is 19.1 Å². The second-order valence-corrected chi connectivity index (χ2v) is 4.35. The van der Waals surface area contributed by atoms with Gasteiger partial charge in [-0.25, -0.2) is 4.98 Å². The van der Waals surface area contributed by atoms with Crippen molar-refractivity contribution in [3.8, 4) is 0 Å². The lowest BCUT2D eigenvalue weighted by Crippen LogP contribution is -1.95. The molecule has 0 saturated heterocycles. The number of rotatable bonds is 0. The van der Waals surface area contributed by atoms with E-state index in [0.717, 1.165) is 5.39 Å². The first-order chi connectivity index (χ1) is 7.02. The third kappa shape index (κ3) is 1.63. The Bertz CT molecular complexity index is 552. The number of nitrogen functional groups attached to an aromatic ring is 1. The van der Waals surface area contributed by atoms with Gasteiger partial charge in [-0.2, -0.15) is 0 Å². The number of hydrogen-bond donors (Lipinski definition) is 1. The molecule has 0 saturated carbocycles. The second kappa shape index (κ2) is 3.71. The molecule has 0 aliphatic carbocycles. The van der Waals surface area contributed by atoms with E-state index >= 15 is 0 Å². The zero-order chi connectivity index (χ0) is 11.2. The van der Waals surface area contributed by atoms with Crippen LogP contribution < -0.4 is 5.73 Å². The summed E-state index contributed by atoms with van der Waals surface area (Å²) in [5, 5.41) is 2.04. The van der Waals surface area contributed by atoms with E-state index in [1.807, 2.05) is 0 Å². The van der Waals surface area contributed by atoms with Crippen molar-refractivity contribution in [1.82, 2.24) is 4.98 Å². The molecule has 1 aromatic heterocycles. The largest absolute Gasteiger partial charge is 0.397 e. The summed E-state index contributed by atoms with van der Waals surface area (Å²) in [6, 6.07) is 3.44. The van der Waals surface area contributed by atoms with Crippen molar-refractivity contribution >= 4 is 51.4 Å². The molecule has 2 rings (SSSR count). The highest BCUT2D eigenvalue weighted by molar-refractivity contribution is 6.45. The van der Waals surface area contributed by atoms with E-state index < -0.39 is 0 Å². The van der Waals surface area contributed by atoms with Gasteiger partial charge in [0.15, 0.2) is 0 Å². The zero-order valence-corrected chi connectivity index (χ0v) is 10.1. The Hall–Kier alpha value is -0.700. The molecule has 0 aliphatic heterocycles. The third-order valence-corrected chi connectivity index (χ3v) is 3.46. The van der Waals surface area contributed by atoms with Crippen molar-refractivity contribution in [3.63, 3.8) is 0 Å². The van der Waals surface area contributed by atoms with Crippen LogP contribution in [0.5, 0.6) is 0 Å². The fraction of sp³-hybridized carbons (Fsp3) is 0.100. The van der Waals surface area contributed by atoms with Crippen LogP contribution in [0.3, 0.4) is 0 Å². The van der Waals surface area contributed by atoms with Gasteiger partial charge in [0.05, 0.1) is 32.0 Å². The first-order valence-electron chi connectivity index (χ1n) is 4.21. The number of pyridine rings is 1. The van der Waals surface area contributed by atoms with Crippen molar-refractivity contribution in [2.75, 3.05) is 5.73 Å². The van der Waals surface area contributed by atoms with Crippen LogP contribution in [-0.4, -0.2) is 4.98 Å². The monoisotopic (exact) mass is 260 g/mol. The highest BCUT2D eigenvalue weighted by Crippen LogP contribution is 2.36. The fourth-order valence-corrected chi connectivity index (χ4v) is 1.90. The van der Waals surface area contributed by atoms with Gasteiger partial charge in [0.2, 0.25) is 0 Å². The van der Waals surface area contributed by atoms with Crippen molar-refractivity contribution < 1.29 is 0 Å². The number of fused-ring (bicyclic) bond motifs is 1. The minimum atomic E-state index is 0.403. The Morgan fingerprint density at radius 3 is 2.47 bits per heavy atom. The molecule has 1 aromatic carbocycles. The lowest BCUT2D eigenvalue weighted by atomic mass is 10.1. The summed E-state index contributed by atoms with van der Waals surface area (Å²) in [6.07, 6.45) is 0. The van der Waals surface area contributed by atoms with Crippen LogP contribution in [0.4, 0.5) is 5.69 Å². The number of anilines is 1. The average molecular weight is 262 g/mol. The number of nitrogens with zero attached hydrogens (tertiary/aromatic N) is 1. The maximum atomic E-state index is 6.03. The Labute approximate surface area is 102 Å². The fourth-order valence-electron chi connectivity index (χ4n) is 1.40. The van der Waals surface area contributed by atoms with Crippen LogP contribution in [0, 0.1) is 6.92 Å². The first kappa shape index (κ1) is 10.8. The maximum Gasteiger partial charge on any atom is 0.0928 e. The van der Waals surface area contributed by atoms with Crippen molar-refractivity contribution in [2.24, 2.45) is 0 Å². The van der Waals surface area contributed by atoms with Crippen LogP contribution in [0.1, 0.15) is 5.69 Å². The van der Waals surface area contributed by atoms with Gasteiger partial charge in [0.25, 0.3) is 0 Å². The van der Waals surface area contributed by atoms with E-state index in [4.69, 9.17) is 40.5 Å². The summed E-state index contributed by atoms with van der Waals surface area (Å²) in [7, 11) is 0. The van der Waals surface area contributed by atoms with E-state index in [1.165, 1.54) is 0 Å². The lowest BCUT2D eigenvalue weighted by Gasteiger charge is -2.08. The number of aryl methyl sites for hydroxylation is 1. The molecule has 1 heterocycles. The Kier molecular flexibility index (Phi) is 2.67. The van der Waals surface area contributed by atoms with E-state index in [-0.39, 0.29) is 0 Å². The van der Waals surface area contributed by atoms with Gasteiger partial charge in [-0.1, -0.05) is 34.8 Å². The van der Waals surface area contributed by atoms with Crippen LogP contribution in [-0.2, 0) is 0 Å². The van der Waals surface area contributed by atoms with Gasteiger partial charge in [-0.15, -0.1) is 0 Å². The first-order valence-corrected chi connectivity index (χ1v) is 5.35. The number of hydrogen-bond acceptors (Lipinski definition) is 2. The minimum absolute atomic E-state index is 0.403. The van der Waals surface area contributed by atoms with E-state index in [9.17, 15) is 0 Å². The zero-order valence-electron chi connectivity index (χ0n) is 7.81. The van der Waals surface area contributed by atoms with Crippen LogP contribution in [0.25, 0.3) is 10.9 Å². The molecule has 2 aromatic rings. The van der Waals surface area contributed by atoms with Crippen molar-refractivity contribution in [2.45, 2.75) is 6.92 Å². The standard InChI is InChI=1S/C10H7Cl3N2/c1-4-7(12)9(14)5-2-3-6(11)8(13)10(5)15-4/h2-3H,1H3,(H2,14,15). The molecule has 2 nitrogen and oxygen atoms in total. The molecule has 0 atom stereocenters. The molecule has 5 heteroatoms. The number of halogens is 3. The molecular weight excluding hydrogens is 254 g/mol. The molecule has 0 spiro atoms. The van der Waals surface area contributed by atoms with Gasteiger partial charge in [0, 0.05) is 5.39 Å². The minimum Gasteiger partial charge on any atom is -0.397 e. The Morgan fingerprint density at radius 2 is 1.80 bits per heavy atom. The highest BCUT2D eigenvalue weighted by Gasteiger charge is 2.12. The summed E-state index contributed by atoms with van der Waals surface area (Å²) in [5.74, 6) is 0. The van der Waals surface area contributed by atoms with Gasteiger partial charge in [-0.3, -0.25) is 0 Å². The summed E-state index contributed by atoms with van der Waals surface area (Å²) in [4.78, 5) is 4.27. The van der Waals surface area contributed by atoms with Gasteiger partial charge in [0.1, 0.15) is 0 Å². The normalized spacial score (nSPS) is 10.9. The molecule has 0 amide bonds. The third-order valence-electron chi connectivity index (χ3n) is 2.19. The summed E-state index contributed by atoms with van der Waals surface area (Å²) in [5.41, 5.74) is 7.58. The molecule has 0 fully saturated rings. The number of nitrogens with two attached hydrogens (primary N) is 1. The van der Waals surface area contributed by atoms with E-state index in [0.29, 0.717) is 32.0 Å². The number of benzene rings is 1. The smallest absolute Gasteiger partial charge is 0.0928 e. The molecule has 78 valence electrons. The van der Waals surface area contributed by atoms with Crippen molar-refractivity contribution in [1.29, 1.82) is 0 Å². The van der Waals surface area contributed by atoms with Gasteiger partial charge >= 0.3 is 0 Å². The maximum absolute atomic E-state index is 6.03. The predicted molar refractivity (Wildman–Crippen MR) is 65.9 cm³/mol. The van der Waals surface area contributed by atoms with Crippen LogP contribution in [0.2, 0.25) is 15.1 Å². The molecule has 0 aliphatic rings. The Balaban J connectivity index is 2.98. The van der Waals surface area contributed by atoms with Crippen LogP contribution >= 0.6 is 34.8 Å². The molecule has 0 radical (unpaired) electrons. The second-order valence-electron chi connectivity index (χ2n) is 3.18. The van der Waals surface area contributed by atoms with E-state index in [2.05, 4.69) is 4.98 Å².